The van der Waals surface area contributed by atoms with E-state index in [9.17, 15) is 5.11 Å². The van der Waals surface area contributed by atoms with Crippen LogP contribution in [0.1, 0.15) is 29.5 Å². The molecule has 148 valence electrons. The van der Waals surface area contributed by atoms with Gasteiger partial charge in [-0.3, -0.25) is 0 Å². The van der Waals surface area contributed by atoms with Gasteiger partial charge in [0.15, 0.2) is 6.29 Å². The lowest BCUT2D eigenvalue weighted by atomic mass is 10.1. The molecule has 1 atom stereocenters. The number of hydrogen-bond donors (Lipinski definition) is 1. The third kappa shape index (κ3) is 7.93. The molecule has 0 aliphatic carbocycles. The first-order chi connectivity index (χ1) is 14.3. The van der Waals surface area contributed by atoms with Gasteiger partial charge < -0.3 is 14.6 Å². The van der Waals surface area contributed by atoms with E-state index >= 15 is 0 Å². The van der Waals surface area contributed by atoms with Crippen LogP contribution >= 0.6 is 0 Å². The van der Waals surface area contributed by atoms with Crippen LogP contribution in [0.3, 0.4) is 0 Å². The van der Waals surface area contributed by atoms with Gasteiger partial charge in [-0.1, -0.05) is 90.7 Å². The molecule has 0 fully saturated rings. The van der Waals surface area contributed by atoms with Crippen molar-refractivity contribution in [1.29, 1.82) is 0 Å². The van der Waals surface area contributed by atoms with Crippen molar-refractivity contribution in [2.24, 2.45) is 0 Å². The summed E-state index contributed by atoms with van der Waals surface area (Å²) >= 11 is 0. The third-order valence-corrected chi connectivity index (χ3v) is 4.37. The summed E-state index contributed by atoms with van der Waals surface area (Å²) in [6.07, 6.45) is -0.399. The number of rotatable bonds is 9. The van der Waals surface area contributed by atoms with Crippen molar-refractivity contribution in [1.82, 2.24) is 0 Å². The number of aliphatic hydroxyl groups is 1. The van der Waals surface area contributed by atoms with Crippen LogP contribution in [-0.4, -0.2) is 17.5 Å². The average molecular weight is 386 g/mol. The van der Waals surface area contributed by atoms with Crippen LogP contribution < -0.4 is 0 Å². The minimum atomic E-state index is -0.622. The van der Waals surface area contributed by atoms with Crippen LogP contribution in [0.25, 0.3) is 0 Å². The number of ether oxygens (including phenoxy) is 2. The molecule has 1 unspecified atom stereocenters. The monoisotopic (exact) mass is 386 g/mol. The third-order valence-electron chi connectivity index (χ3n) is 4.37. The maximum atomic E-state index is 10.4. The zero-order valence-electron chi connectivity index (χ0n) is 16.4. The molecule has 3 aromatic carbocycles. The highest BCUT2D eigenvalue weighted by molar-refractivity contribution is 5.33. The summed E-state index contributed by atoms with van der Waals surface area (Å²) in [5.74, 6) is 6.12. The zero-order chi connectivity index (χ0) is 20.2. The molecule has 0 heterocycles. The predicted molar refractivity (Wildman–Crippen MR) is 115 cm³/mol. The molecule has 0 bridgehead atoms. The topological polar surface area (TPSA) is 38.7 Å². The molecule has 0 saturated carbocycles. The second-order valence-electron chi connectivity index (χ2n) is 6.78. The Morgan fingerprint density at radius 1 is 0.690 bits per heavy atom. The fourth-order valence-corrected chi connectivity index (χ4v) is 2.81. The van der Waals surface area contributed by atoms with Crippen LogP contribution in [0.15, 0.2) is 91.0 Å². The lowest BCUT2D eigenvalue weighted by molar-refractivity contribution is -0.171. The highest BCUT2D eigenvalue weighted by Crippen LogP contribution is 2.14. The van der Waals surface area contributed by atoms with Crippen LogP contribution in [0, 0.1) is 11.8 Å². The summed E-state index contributed by atoms with van der Waals surface area (Å²) in [5, 5.41) is 10.4. The van der Waals surface area contributed by atoms with E-state index in [-0.39, 0.29) is 0 Å². The van der Waals surface area contributed by atoms with Gasteiger partial charge in [0.2, 0.25) is 0 Å². The molecule has 0 aliphatic rings. The lowest BCUT2D eigenvalue weighted by Crippen LogP contribution is -2.23. The highest BCUT2D eigenvalue weighted by Gasteiger charge is 2.16. The fraction of sp³-hybridized carbons (Fsp3) is 0.231. The summed E-state index contributed by atoms with van der Waals surface area (Å²) in [4.78, 5) is 0. The predicted octanol–water partition coefficient (Wildman–Crippen LogP) is 4.94. The van der Waals surface area contributed by atoms with Crippen LogP contribution in [-0.2, 0) is 22.7 Å². The Labute approximate surface area is 172 Å². The molecule has 3 aromatic rings. The molecule has 0 radical (unpaired) electrons. The van der Waals surface area contributed by atoms with Gasteiger partial charge in [0.1, 0.15) is 0 Å². The molecule has 3 heteroatoms. The fourth-order valence-electron chi connectivity index (χ4n) is 2.81. The van der Waals surface area contributed by atoms with E-state index in [0.29, 0.717) is 26.1 Å². The van der Waals surface area contributed by atoms with Gasteiger partial charge in [0, 0.05) is 18.4 Å². The molecular weight excluding hydrogens is 360 g/mol. The maximum absolute atomic E-state index is 10.4. The van der Waals surface area contributed by atoms with E-state index in [0.717, 1.165) is 16.7 Å². The molecule has 3 nitrogen and oxygen atoms in total. The van der Waals surface area contributed by atoms with E-state index in [1.54, 1.807) is 0 Å². The van der Waals surface area contributed by atoms with Crippen molar-refractivity contribution < 1.29 is 14.6 Å². The SMILES string of the molecule is OC(CC#Cc1ccccc1)CC(OCc1ccccc1)OCc1ccccc1. The zero-order valence-corrected chi connectivity index (χ0v) is 16.4. The van der Waals surface area contributed by atoms with Gasteiger partial charge in [-0.25, -0.2) is 0 Å². The minimum absolute atomic E-state index is 0.364. The number of aliphatic hydroxyl groups excluding tert-OH is 1. The Kier molecular flexibility index (Phi) is 8.50. The average Bonchev–Trinajstić information content (AvgIpc) is 2.78. The summed E-state index contributed by atoms with van der Waals surface area (Å²) < 4.78 is 11.9. The van der Waals surface area contributed by atoms with Gasteiger partial charge >= 0.3 is 0 Å². The molecule has 29 heavy (non-hydrogen) atoms. The Morgan fingerprint density at radius 3 is 1.69 bits per heavy atom. The van der Waals surface area contributed by atoms with Crippen molar-refractivity contribution >= 4 is 0 Å². The highest BCUT2D eigenvalue weighted by atomic mass is 16.7. The smallest absolute Gasteiger partial charge is 0.160 e. The first-order valence-electron chi connectivity index (χ1n) is 9.82. The van der Waals surface area contributed by atoms with Gasteiger partial charge in [0.05, 0.1) is 19.3 Å². The Hall–Kier alpha value is -2.90. The first-order valence-corrected chi connectivity index (χ1v) is 9.82. The van der Waals surface area contributed by atoms with E-state index in [1.165, 1.54) is 0 Å². The molecule has 0 amide bonds. The van der Waals surface area contributed by atoms with Crippen molar-refractivity contribution in [3.8, 4) is 11.8 Å². The summed E-state index contributed by atoms with van der Waals surface area (Å²) in [5.41, 5.74) is 3.08. The van der Waals surface area contributed by atoms with Crippen molar-refractivity contribution in [3.63, 3.8) is 0 Å². The standard InChI is InChI=1S/C26H26O3/c27-25(18-10-17-22-11-4-1-5-12-22)19-26(28-20-23-13-6-2-7-14-23)29-21-24-15-8-3-9-16-24/h1-9,11-16,25-27H,18-21H2. The summed E-state index contributed by atoms with van der Waals surface area (Å²) in [6.45, 7) is 0.866. The van der Waals surface area contributed by atoms with Gasteiger partial charge in [0.25, 0.3) is 0 Å². The summed E-state index contributed by atoms with van der Waals surface area (Å²) in [6, 6.07) is 29.7. The van der Waals surface area contributed by atoms with Crippen molar-refractivity contribution in [2.45, 2.75) is 38.4 Å². The maximum Gasteiger partial charge on any atom is 0.160 e. The quantitative estimate of drug-likeness (QED) is 0.418. The Balaban J connectivity index is 1.54. The molecule has 0 aliphatic heterocycles. The van der Waals surface area contributed by atoms with E-state index in [1.807, 2.05) is 91.0 Å². The second kappa shape index (κ2) is 11.8. The molecule has 0 saturated heterocycles. The number of hydrogen-bond acceptors (Lipinski definition) is 3. The van der Waals surface area contributed by atoms with Crippen LogP contribution in [0.2, 0.25) is 0 Å². The van der Waals surface area contributed by atoms with Crippen LogP contribution in [0.5, 0.6) is 0 Å². The minimum Gasteiger partial charge on any atom is -0.392 e. The molecule has 1 N–H and O–H groups in total. The van der Waals surface area contributed by atoms with Gasteiger partial charge in [-0.2, -0.15) is 0 Å². The van der Waals surface area contributed by atoms with E-state index < -0.39 is 12.4 Å². The normalized spacial score (nSPS) is 11.7. The van der Waals surface area contributed by atoms with E-state index in [2.05, 4.69) is 11.8 Å². The van der Waals surface area contributed by atoms with E-state index in [4.69, 9.17) is 9.47 Å². The second-order valence-corrected chi connectivity index (χ2v) is 6.78. The molecule has 0 spiro atoms. The first kappa shape index (κ1) is 20.8. The van der Waals surface area contributed by atoms with Gasteiger partial charge in [-0.15, -0.1) is 0 Å². The Morgan fingerprint density at radius 2 is 1.17 bits per heavy atom. The van der Waals surface area contributed by atoms with Crippen molar-refractivity contribution in [3.05, 3.63) is 108 Å². The number of benzene rings is 3. The molecule has 3 rings (SSSR count). The molecule has 0 aromatic heterocycles. The Bertz CT molecular complexity index is 839. The van der Waals surface area contributed by atoms with Crippen molar-refractivity contribution in [2.75, 3.05) is 0 Å². The lowest BCUT2D eigenvalue weighted by Gasteiger charge is -2.21. The largest absolute Gasteiger partial charge is 0.392 e. The molecular formula is C26H26O3. The van der Waals surface area contributed by atoms with Gasteiger partial charge in [-0.05, 0) is 23.3 Å². The summed E-state index contributed by atoms with van der Waals surface area (Å²) in [7, 11) is 0. The van der Waals surface area contributed by atoms with Crippen LogP contribution in [0.4, 0.5) is 0 Å².